The van der Waals surface area contributed by atoms with Gasteiger partial charge in [-0.1, -0.05) is 74.5 Å². The first-order chi connectivity index (χ1) is 41.4. The molecule has 0 fully saturated rings. The molecular formula is C58H77N17O12. The number of guanidine groups is 1. The lowest BCUT2D eigenvalue weighted by Gasteiger charge is -2.32. The fourth-order valence-corrected chi connectivity index (χ4v) is 9.20. The van der Waals surface area contributed by atoms with Crippen LogP contribution in [-0.2, 0) is 68.8 Å². The molecule has 0 bridgehead atoms. The number of hydrogen-bond donors (Lipinski definition) is 16. The van der Waals surface area contributed by atoms with E-state index in [1.54, 1.807) is 74.6 Å². The topological polar surface area (TPSA) is 482 Å². The highest BCUT2D eigenvalue weighted by molar-refractivity contribution is 5.99. The number of aliphatic hydroxyl groups is 1. The average Bonchev–Trinajstić information content (AvgIpc) is 3.89. The molecule has 21 N–H and O–H groups in total. The summed E-state index contributed by atoms with van der Waals surface area (Å²) in [5.74, 6) is -8.86. The number of phenols is 1. The van der Waals surface area contributed by atoms with Crippen LogP contribution in [0.4, 0.5) is 4.79 Å². The maximum Gasteiger partial charge on any atom is 0.334 e. The quantitative estimate of drug-likeness (QED) is 0.00900. The molecule has 0 radical (unpaired) electrons. The summed E-state index contributed by atoms with van der Waals surface area (Å²) in [6, 6.07) is 12.1. The summed E-state index contributed by atoms with van der Waals surface area (Å²) in [6.07, 6.45) is 3.67. The van der Waals surface area contributed by atoms with E-state index >= 15 is 0 Å². The Kier molecular flexibility index (Phi) is 25.9. The summed E-state index contributed by atoms with van der Waals surface area (Å²) in [5, 5.41) is 35.8. The van der Waals surface area contributed by atoms with Gasteiger partial charge in [-0.3, -0.25) is 58.6 Å². The molecule has 5 aromatic rings. The van der Waals surface area contributed by atoms with E-state index in [2.05, 4.69) is 57.7 Å². The largest absolute Gasteiger partial charge is 0.508 e. The lowest BCUT2D eigenvalue weighted by atomic mass is 10.0. The Morgan fingerprint density at radius 2 is 1.17 bits per heavy atom. The maximum absolute atomic E-state index is 14.4. The number of amides is 11. The summed E-state index contributed by atoms with van der Waals surface area (Å²) in [4.78, 5) is 149. The number of phenolic OH excluding ortho intramolecular Hbond substituents is 1. The highest BCUT2D eigenvalue weighted by atomic mass is 16.3. The molecule has 0 aliphatic carbocycles. The summed E-state index contributed by atoms with van der Waals surface area (Å²) in [7, 11) is 1.34. The molecule has 5 rings (SSSR count). The van der Waals surface area contributed by atoms with E-state index < -0.39 is 121 Å². The van der Waals surface area contributed by atoms with E-state index in [0.29, 0.717) is 22.3 Å². The molecule has 0 saturated heterocycles. The van der Waals surface area contributed by atoms with Crippen LogP contribution in [0, 0.1) is 5.92 Å². The molecule has 0 spiro atoms. The zero-order chi connectivity index (χ0) is 63.7. The molecule has 3 aromatic carbocycles. The fraction of sp³-hybridized carbons (Fsp3) is 0.379. The summed E-state index contributed by atoms with van der Waals surface area (Å²) in [5.41, 5.74) is 36.1. The third-order valence-corrected chi connectivity index (χ3v) is 13.7. The number of aromatic hydroxyl groups is 1. The number of aromatic nitrogens is 2. The number of likely N-dealkylation sites (N-methyl/N-ethyl adjacent to an activating group) is 1. The van der Waals surface area contributed by atoms with Gasteiger partial charge in [0.2, 0.25) is 47.3 Å². The second kappa shape index (κ2) is 33.4. The molecular weight excluding hydrogens is 1130 g/mol. The summed E-state index contributed by atoms with van der Waals surface area (Å²) < 4.78 is 0. The van der Waals surface area contributed by atoms with Crippen LogP contribution in [0.2, 0.25) is 0 Å². The first-order valence-corrected chi connectivity index (χ1v) is 27.8. The van der Waals surface area contributed by atoms with Crippen LogP contribution in [0.1, 0.15) is 61.8 Å². The number of fused-ring (bicyclic) bond motifs is 1. The molecule has 8 atom stereocenters. The van der Waals surface area contributed by atoms with E-state index in [1.165, 1.54) is 31.6 Å². The van der Waals surface area contributed by atoms with Crippen molar-refractivity contribution in [2.45, 2.75) is 114 Å². The van der Waals surface area contributed by atoms with E-state index in [4.69, 9.17) is 28.7 Å². The van der Waals surface area contributed by atoms with Crippen LogP contribution in [0.5, 0.6) is 5.75 Å². The number of primary amides is 2. The number of aromatic amines is 1. The molecule has 2 aromatic heterocycles. The third kappa shape index (κ3) is 21.8. The van der Waals surface area contributed by atoms with Crippen molar-refractivity contribution in [3.05, 3.63) is 132 Å². The minimum atomic E-state index is -1.84. The van der Waals surface area contributed by atoms with Gasteiger partial charge in [-0.15, -0.1) is 0 Å². The van der Waals surface area contributed by atoms with Crippen LogP contribution < -0.4 is 71.4 Å². The number of hydrogen-bond acceptors (Lipinski definition) is 15. The van der Waals surface area contributed by atoms with E-state index in [-0.39, 0.29) is 69.1 Å². The van der Waals surface area contributed by atoms with Crippen molar-refractivity contribution in [2.24, 2.45) is 39.6 Å². The first-order valence-electron chi connectivity index (χ1n) is 27.8. The Balaban J connectivity index is 1.28. The average molecular weight is 1200 g/mol. The van der Waals surface area contributed by atoms with Gasteiger partial charge in [0.05, 0.1) is 19.1 Å². The Bertz CT molecular complexity index is 3200. The Morgan fingerprint density at radius 3 is 1.80 bits per heavy atom. The van der Waals surface area contributed by atoms with Gasteiger partial charge in [0, 0.05) is 62.3 Å². The van der Waals surface area contributed by atoms with Crippen molar-refractivity contribution in [3.63, 3.8) is 0 Å². The predicted molar refractivity (Wildman–Crippen MR) is 319 cm³/mol. The van der Waals surface area contributed by atoms with Crippen LogP contribution in [-0.4, -0.2) is 159 Å². The minimum Gasteiger partial charge on any atom is -0.508 e. The fourth-order valence-electron chi connectivity index (χ4n) is 9.20. The lowest BCUT2D eigenvalue weighted by Crippen LogP contribution is -2.62. The monoisotopic (exact) mass is 1200 g/mol. The van der Waals surface area contributed by atoms with Gasteiger partial charge in [-0.05, 0) is 84.2 Å². The molecule has 0 aliphatic heterocycles. The van der Waals surface area contributed by atoms with Crippen molar-refractivity contribution in [2.75, 3.05) is 20.2 Å². The van der Waals surface area contributed by atoms with E-state index in [1.807, 2.05) is 24.3 Å². The van der Waals surface area contributed by atoms with Gasteiger partial charge < -0.3 is 80.7 Å². The number of aliphatic hydroxyl groups excluding tert-OH is 1. The Labute approximate surface area is 501 Å². The van der Waals surface area contributed by atoms with Crippen LogP contribution in [0.25, 0.3) is 10.9 Å². The molecule has 466 valence electrons. The number of carbonyl (C=O) groups is 10. The second-order valence-corrected chi connectivity index (χ2v) is 21.0. The summed E-state index contributed by atoms with van der Waals surface area (Å²) in [6.45, 7) is 2.56. The number of para-hydroxylation sites is 1. The second-order valence-electron chi connectivity index (χ2n) is 21.0. The maximum atomic E-state index is 14.4. The Hall–Kier alpha value is -10.2. The van der Waals surface area contributed by atoms with Gasteiger partial charge in [0.25, 0.3) is 5.91 Å². The number of carbonyl (C=O) groups excluding carboxylic acids is 10. The van der Waals surface area contributed by atoms with Crippen molar-refractivity contribution < 1.29 is 58.2 Å². The van der Waals surface area contributed by atoms with Gasteiger partial charge in [-0.2, -0.15) is 0 Å². The Morgan fingerprint density at radius 1 is 0.609 bits per heavy atom. The smallest absolute Gasteiger partial charge is 0.334 e. The van der Waals surface area contributed by atoms with Crippen molar-refractivity contribution in [1.29, 1.82) is 0 Å². The number of nitrogens with two attached hydrogens (primary N) is 5. The standard InChI is InChI=1S/C58H77N17O12/c1-32(2)24-45(56(86)75(3)47(14-9-21-65-57(62)63)55(85)67-41(49(61)79)28-36-30-66-40-13-8-7-12-38(36)40)72-58(87)74-73-54(84)43(26-33-10-5-4-6-11-33)69-53(83)46(31-76)71-52(82)44(29-48(60)78)70-51(81)42(27-35-19-22-64-23-20-35)68-50(80)39(59)25-34-15-17-37(77)18-16-34/h4-8,10-13,15-20,22-23,30,32,39,41-47,66,76-77H,9,14,21,24-29,31,59H2,1-3H3,(H2,60,78)(H2,61,79)(H,67,85)(H,68,80)(H,69,83)(H,70,81)(H,71,82)(H,73,84)(H4,62,63,65)(H2,72,74,87)/t39-,41+,42-,43+,44+,45+,46+,47+/m1/s1. The molecule has 11 amide bonds. The first kappa shape index (κ1) is 67.6. The number of urea groups is 1. The SMILES string of the molecule is CC(C)C[C@H](NC(=O)NNC(=O)[C@H](Cc1ccccc1)NC(=O)[C@H](CO)NC(=O)[C@H](CC(N)=O)NC(=O)[C@@H](Cc1ccncc1)NC(=O)[C@H](N)Cc1ccc(O)cc1)C(=O)N(C)[C@@H](CCCN=C(N)N)C(=O)N[C@@H](Cc1c[nH]c2ccccc12)C(N)=O. The summed E-state index contributed by atoms with van der Waals surface area (Å²) >= 11 is 0. The molecule has 0 unspecified atom stereocenters. The number of benzene rings is 3. The molecule has 0 aliphatic rings. The molecule has 2 heterocycles. The molecule has 87 heavy (non-hydrogen) atoms. The number of nitrogens with zero attached hydrogens (tertiary/aromatic N) is 3. The molecule has 0 saturated carbocycles. The number of aliphatic imine (C=N–C) groups is 1. The minimum absolute atomic E-state index is 0.00287. The highest BCUT2D eigenvalue weighted by Crippen LogP contribution is 2.20. The number of pyridine rings is 1. The van der Waals surface area contributed by atoms with Gasteiger partial charge in [-0.25, -0.2) is 10.2 Å². The zero-order valence-electron chi connectivity index (χ0n) is 48.4. The van der Waals surface area contributed by atoms with Crippen molar-refractivity contribution in [3.8, 4) is 5.75 Å². The zero-order valence-corrected chi connectivity index (χ0v) is 48.4. The van der Waals surface area contributed by atoms with E-state index in [9.17, 15) is 58.2 Å². The third-order valence-electron chi connectivity index (χ3n) is 13.7. The van der Waals surface area contributed by atoms with E-state index in [0.717, 1.165) is 15.8 Å². The van der Waals surface area contributed by atoms with Gasteiger partial charge >= 0.3 is 6.03 Å². The lowest BCUT2D eigenvalue weighted by molar-refractivity contribution is -0.141. The number of nitrogens with one attached hydrogen (secondary N) is 9. The number of H-pyrrole nitrogens is 1. The molecule has 29 nitrogen and oxygen atoms in total. The highest BCUT2D eigenvalue weighted by Gasteiger charge is 2.36. The predicted octanol–water partition coefficient (Wildman–Crippen LogP) is -2.73. The van der Waals surface area contributed by atoms with Gasteiger partial charge in [0.1, 0.15) is 48.0 Å². The van der Waals surface area contributed by atoms with Crippen LogP contribution in [0.15, 0.2) is 115 Å². The van der Waals surface area contributed by atoms with Crippen molar-refractivity contribution >= 4 is 76.1 Å². The van der Waals surface area contributed by atoms with Crippen LogP contribution >= 0.6 is 0 Å². The number of rotatable bonds is 32. The van der Waals surface area contributed by atoms with Crippen LogP contribution in [0.3, 0.4) is 0 Å². The number of hydrazine groups is 1. The molecule has 29 heteroatoms. The van der Waals surface area contributed by atoms with Crippen molar-refractivity contribution in [1.82, 2.24) is 57.6 Å². The normalized spacial score (nSPS) is 13.8. The van der Waals surface area contributed by atoms with Gasteiger partial charge in [0.15, 0.2) is 5.96 Å².